The van der Waals surface area contributed by atoms with E-state index in [4.69, 9.17) is 0 Å². The van der Waals surface area contributed by atoms with Crippen LogP contribution in [0.3, 0.4) is 0 Å². The smallest absolute Gasteiger partial charge is 0.394 e. The zero-order chi connectivity index (χ0) is 19.2. The highest BCUT2D eigenvalue weighted by atomic mass is 19.3. The number of alkyl halides is 2. The number of rotatable bonds is 4. The summed E-state index contributed by atoms with van der Waals surface area (Å²) in [4.78, 5) is 7.01. The van der Waals surface area contributed by atoms with E-state index in [0.29, 0.717) is 12.8 Å². The summed E-state index contributed by atoms with van der Waals surface area (Å²) in [6.45, 7) is 12.4. The highest BCUT2D eigenvalue weighted by molar-refractivity contribution is 6.02. The summed E-state index contributed by atoms with van der Waals surface area (Å²) in [7, 11) is 0. The van der Waals surface area contributed by atoms with Crippen LogP contribution < -0.4 is 10.1 Å². The molecule has 2 aliphatic heterocycles. The van der Waals surface area contributed by atoms with Crippen LogP contribution in [-0.4, -0.2) is 49.4 Å². The number of hydrogen-bond donors (Lipinski definition) is 1. The number of allylic oxidation sites excluding steroid dienone is 1. The number of piperazine rings is 1. The van der Waals surface area contributed by atoms with Crippen LogP contribution in [0, 0.1) is 12.8 Å². The molecule has 4 nitrogen and oxygen atoms in total. The van der Waals surface area contributed by atoms with E-state index in [1.54, 1.807) is 12.1 Å². The Labute approximate surface area is 154 Å². The Morgan fingerprint density at radius 3 is 2.31 bits per heavy atom. The summed E-state index contributed by atoms with van der Waals surface area (Å²) >= 11 is 0. The molecule has 0 aromatic heterocycles. The number of halogens is 2. The number of ether oxygens (including phenoxy) is 1. The number of benzene rings is 1. The molecule has 144 valence electrons. The molecule has 0 unspecified atom stereocenters. The van der Waals surface area contributed by atoms with Crippen molar-refractivity contribution in [1.29, 1.82) is 0 Å². The van der Waals surface area contributed by atoms with Gasteiger partial charge in [0.1, 0.15) is 5.75 Å². The zero-order valence-corrected chi connectivity index (χ0v) is 16.1. The van der Waals surface area contributed by atoms with Gasteiger partial charge in [0.05, 0.1) is 18.0 Å². The van der Waals surface area contributed by atoms with Crippen LogP contribution in [0.5, 0.6) is 5.75 Å². The monoisotopic (exact) mass is 365 g/mol. The minimum absolute atomic E-state index is 0.188. The molecule has 6 heteroatoms. The number of hydrogen-bond acceptors (Lipinski definition) is 4. The summed E-state index contributed by atoms with van der Waals surface area (Å²) in [6.07, 6.45) is -0.837. The third-order valence-corrected chi connectivity index (χ3v) is 4.13. The van der Waals surface area contributed by atoms with E-state index in [1.807, 2.05) is 6.92 Å². The standard InChI is InChI=1S/C11H19N3.C9H10F2O/c1-9(2)11-10(3-4-13-11)14-7-5-12-6-8-14;1-7-3-5-8(6-4-7)12-9(2,10)11/h3,9,12H,4-8H2,1-2H3;3-6H,1-2H3. The minimum Gasteiger partial charge on any atom is -0.433 e. The van der Waals surface area contributed by atoms with Crippen molar-refractivity contribution < 1.29 is 13.5 Å². The number of aliphatic imine (C=N–C) groups is 1. The second-order valence-electron chi connectivity index (χ2n) is 6.93. The van der Waals surface area contributed by atoms with Gasteiger partial charge in [0.2, 0.25) is 0 Å². The third kappa shape index (κ3) is 6.41. The fourth-order valence-electron chi connectivity index (χ4n) is 2.90. The van der Waals surface area contributed by atoms with Crippen LogP contribution in [0.1, 0.15) is 26.3 Å². The summed E-state index contributed by atoms with van der Waals surface area (Å²) < 4.78 is 28.9. The normalized spacial score (nSPS) is 17.4. The van der Waals surface area contributed by atoms with Gasteiger partial charge < -0.3 is 15.0 Å². The van der Waals surface area contributed by atoms with Gasteiger partial charge in [0, 0.05) is 33.1 Å². The van der Waals surface area contributed by atoms with E-state index in [0.717, 1.165) is 38.3 Å². The van der Waals surface area contributed by atoms with Crippen LogP contribution >= 0.6 is 0 Å². The van der Waals surface area contributed by atoms with Crippen molar-refractivity contribution in [1.82, 2.24) is 10.2 Å². The molecule has 0 aliphatic carbocycles. The molecule has 1 N–H and O–H groups in total. The first-order valence-electron chi connectivity index (χ1n) is 9.10. The molecule has 2 aliphatic rings. The molecule has 0 spiro atoms. The van der Waals surface area contributed by atoms with Gasteiger partial charge in [-0.15, -0.1) is 0 Å². The summed E-state index contributed by atoms with van der Waals surface area (Å²) in [5.74, 6) is 0.742. The predicted octanol–water partition coefficient (Wildman–Crippen LogP) is 3.87. The van der Waals surface area contributed by atoms with E-state index < -0.39 is 6.11 Å². The molecule has 0 amide bonds. The van der Waals surface area contributed by atoms with E-state index in [2.05, 4.69) is 39.9 Å². The third-order valence-electron chi connectivity index (χ3n) is 4.13. The molecule has 1 fully saturated rings. The molecule has 0 saturated carbocycles. The molecule has 3 rings (SSSR count). The Balaban J connectivity index is 0.000000190. The van der Waals surface area contributed by atoms with Crippen LogP contribution in [-0.2, 0) is 0 Å². The quantitative estimate of drug-likeness (QED) is 0.880. The van der Waals surface area contributed by atoms with Gasteiger partial charge in [-0.05, 0) is 31.1 Å². The first kappa shape index (κ1) is 20.4. The predicted molar refractivity (Wildman–Crippen MR) is 102 cm³/mol. The molecular weight excluding hydrogens is 336 g/mol. The Bertz CT molecular complexity index is 627. The summed E-state index contributed by atoms with van der Waals surface area (Å²) in [5.41, 5.74) is 3.70. The van der Waals surface area contributed by atoms with Crippen molar-refractivity contribution in [3.8, 4) is 5.75 Å². The van der Waals surface area contributed by atoms with E-state index in [-0.39, 0.29) is 5.75 Å². The van der Waals surface area contributed by atoms with Crippen molar-refractivity contribution in [2.45, 2.75) is 33.8 Å². The Morgan fingerprint density at radius 1 is 1.15 bits per heavy atom. The summed E-state index contributed by atoms with van der Waals surface area (Å²) in [6, 6.07) is 6.49. The molecule has 0 atom stereocenters. The summed E-state index contributed by atoms with van der Waals surface area (Å²) in [5, 5.41) is 3.37. The van der Waals surface area contributed by atoms with Crippen molar-refractivity contribution in [3.63, 3.8) is 0 Å². The Morgan fingerprint density at radius 2 is 1.77 bits per heavy atom. The van der Waals surface area contributed by atoms with Crippen LogP contribution in [0.25, 0.3) is 0 Å². The molecule has 1 aromatic carbocycles. The van der Waals surface area contributed by atoms with Crippen LogP contribution in [0.2, 0.25) is 0 Å². The van der Waals surface area contributed by atoms with Gasteiger partial charge in [-0.3, -0.25) is 4.99 Å². The lowest BCUT2D eigenvalue weighted by molar-refractivity contribution is -0.158. The van der Waals surface area contributed by atoms with Crippen molar-refractivity contribution in [2.75, 3.05) is 32.7 Å². The van der Waals surface area contributed by atoms with Gasteiger partial charge >= 0.3 is 6.11 Å². The van der Waals surface area contributed by atoms with Gasteiger partial charge in [0.25, 0.3) is 0 Å². The van der Waals surface area contributed by atoms with E-state index in [9.17, 15) is 8.78 Å². The average Bonchev–Trinajstić information content (AvgIpc) is 3.07. The first-order valence-corrected chi connectivity index (χ1v) is 9.10. The lowest BCUT2D eigenvalue weighted by atomic mass is 10.0. The highest BCUT2D eigenvalue weighted by Crippen LogP contribution is 2.21. The molecular formula is C20H29F2N3O. The zero-order valence-electron chi connectivity index (χ0n) is 16.1. The average molecular weight is 365 g/mol. The maximum atomic E-state index is 12.3. The highest BCUT2D eigenvalue weighted by Gasteiger charge is 2.23. The van der Waals surface area contributed by atoms with Crippen LogP contribution in [0.15, 0.2) is 41.0 Å². The molecule has 0 radical (unpaired) electrons. The lowest BCUT2D eigenvalue weighted by Crippen LogP contribution is -2.44. The number of aryl methyl sites for hydroxylation is 1. The van der Waals surface area contributed by atoms with Gasteiger partial charge in [-0.2, -0.15) is 8.78 Å². The molecule has 1 saturated heterocycles. The fourth-order valence-corrected chi connectivity index (χ4v) is 2.90. The first-order chi connectivity index (χ1) is 12.3. The maximum Gasteiger partial charge on any atom is 0.394 e. The SMILES string of the molecule is CC(C)C1=NCC=C1N1CCNCC1.Cc1ccc(OC(C)(F)F)cc1. The largest absolute Gasteiger partial charge is 0.433 e. The van der Waals surface area contributed by atoms with E-state index in [1.165, 1.54) is 23.5 Å². The van der Waals surface area contributed by atoms with Crippen molar-refractivity contribution in [3.05, 3.63) is 41.6 Å². The van der Waals surface area contributed by atoms with Crippen molar-refractivity contribution >= 4 is 5.71 Å². The molecule has 1 aromatic rings. The topological polar surface area (TPSA) is 36.9 Å². The van der Waals surface area contributed by atoms with E-state index >= 15 is 0 Å². The lowest BCUT2D eigenvalue weighted by Gasteiger charge is -2.31. The second kappa shape index (κ2) is 9.12. The number of nitrogens with one attached hydrogen (secondary N) is 1. The van der Waals surface area contributed by atoms with Gasteiger partial charge in [-0.25, -0.2) is 0 Å². The molecule has 2 heterocycles. The molecule has 0 bridgehead atoms. The second-order valence-corrected chi connectivity index (χ2v) is 6.93. The fraction of sp³-hybridized carbons (Fsp3) is 0.550. The maximum absolute atomic E-state index is 12.3. The van der Waals surface area contributed by atoms with Gasteiger partial charge in [0.15, 0.2) is 0 Å². The Hall–Kier alpha value is -1.95. The van der Waals surface area contributed by atoms with Crippen molar-refractivity contribution in [2.24, 2.45) is 10.9 Å². The van der Waals surface area contributed by atoms with Crippen LogP contribution in [0.4, 0.5) is 8.78 Å². The number of nitrogens with zero attached hydrogens (tertiary/aromatic N) is 2. The minimum atomic E-state index is -3.10. The molecule has 26 heavy (non-hydrogen) atoms. The van der Waals surface area contributed by atoms with Gasteiger partial charge in [-0.1, -0.05) is 31.5 Å². The Kier molecular flexibility index (Phi) is 7.14.